The van der Waals surface area contributed by atoms with Gasteiger partial charge in [-0.05, 0) is 55.3 Å². The van der Waals surface area contributed by atoms with Crippen molar-refractivity contribution in [1.29, 1.82) is 0 Å². The van der Waals surface area contributed by atoms with Gasteiger partial charge in [0.15, 0.2) is 0 Å². The quantitative estimate of drug-likeness (QED) is 0.233. The Labute approximate surface area is 289 Å². The number of aromatic carboxylic acids is 1. The molecule has 11 heteroatoms. The van der Waals surface area contributed by atoms with Gasteiger partial charge in [-0.25, -0.2) is 10.0 Å². The summed E-state index contributed by atoms with van der Waals surface area (Å²) in [6.45, 7) is 3.91. The van der Waals surface area contributed by atoms with Gasteiger partial charge in [-0.1, -0.05) is 104 Å². The van der Waals surface area contributed by atoms with Crippen molar-refractivity contribution in [3.63, 3.8) is 0 Å². The number of hydrogen-bond acceptors (Lipinski definition) is 5. The van der Waals surface area contributed by atoms with Crippen molar-refractivity contribution in [2.24, 2.45) is 5.92 Å². The van der Waals surface area contributed by atoms with Crippen molar-refractivity contribution in [2.45, 2.75) is 33.1 Å². The summed E-state index contributed by atoms with van der Waals surface area (Å²) in [6.07, 6.45) is 2.43. The van der Waals surface area contributed by atoms with Crippen molar-refractivity contribution in [2.75, 3.05) is 15.3 Å². The first-order chi connectivity index (χ1) is 20.2. The van der Waals surface area contributed by atoms with Crippen molar-refractivity contribution in [1.82, 2.24) is 0 Å². The molecule has 1 aliphatic heterocycles. The SMILES string of the molecule is CCCCC1C(=O)N(c2ccccc2)N(c2ccccc2)C1=O.Cc1ccc(Cl)c(Nc2ccccc2C(=O)[O-])c1Cl.O.[Na+]. The fourth-order valence-electron chi connectivity index (χ4n) is 4.55. The third kappa shape index (κ3) is 8.41. The zero-order valence-corrected chi connectivity index (χ0v) is 28.2. The first-order valence-corrected chi connectivity index (χ1v) is 14.3. The number of nitrogens with one attached hydrogen (secondary N) is 1. The van der Waals surface area contributed by atoms with E-state index in [4.69, 9.17) is 23.2 Å². The van der Waals surface area contributed by atoms with Gasteiger partial charge >= 0.3 is 29.6 Å². The molecule has 0 bridgehead atoms. The second-order valence-electron chi connectivity index (χ2n) is 9.68. The maximum absolute atomic E-state index is 12.9. The van der Waals surface area contributed by atoms with Gasteiger partial charge in [0.1, 0.15) is 5.92 Å². The second-order valence-corrected chi connectivity index (χ2v) is 10.5. The van der Waals surface area contributed by atoms with Crippen LogP contribution in [0.25, 0.3) is 0 Å². The number of anilines is 4. The number of amides is 2. The Kier molecular flexibility index (Phi) is 14.4. The van der Waals surface area contributed by atoms with Crippen molar-refractivity contribution < 1.29 is 54.5 Å². The molecule has 0 spiro atoms. The molecular formula is C33H32Cl2N3NaO5. The van der Waals surface area contributed by atoms with Gasteiger partial charge in [0, 0.05) is 11.3 Å². The smallest absolute Gasteiger partial charge is 0.545 e. The van der Waals surface area contributed by atoms with Gasteiger partial charge in [0.05, 0.1) is 33.1 Å². The van der Waals surface area contributed by atoms with Gasteiger partial charge < -0.3 is 20.7 Å². The summed E-state index contributed by atoms with van der Waals surface area (Å²) in [5.74, 6) is -2.13. The molecule has 4 aromatic rings. The molecule has 1 aliphatic rings. The standard InChI is InChI=1S/C19H20N2O2.C14H11Cl2NO2.Na.H2O/c1-2-3-14-17-18(22)20(15-10-6-4-7-11-15)21(19(17)23)16-12-8-5-9-13-16;1-8-6-7-10(15)13(12(8)16)17-11-5-3-2-4-9(11)14(18)19;;/h4-13,17H,2-3,14H2,1H3;2-7,17H,1H3,(H,18,19);;1H2/q;;+1;/p-1. The van der Waals surface area contributed by atoms with Crippen molar-refractivity contribution in [3.05, 3.63) is 118 Å². The number of hydrogen-bond donors (Lipinski definition) is 1. The fourth-order valence-corrected chi connectivity index (χ4v) is 5.02. The molecule has 0 aromatic heterocycles. The van der Waals surface area contributed by atoms with Crippen molar-refractivity contribution >= 4 is 63.7 Å². The minimum atomic E-state index is -1.26. The number of nitrogens with zero attached hydrogens (tertiary/aromatic N) is 2. The molecule has 44 heavy (non-hydrogen) atoms. The summed E-state index contributed by atoms with van der Waals surface area (Å²) in [5.41, 5.74) is 3.20. The minimum absolute atomic E-state index is 0. The van der Waals surface area contributed by atoms with Crippen molar-refractivity contribution in [3.8, 4) is 0 Å². The number of carboxylic acid groups (broad SMARTS) is 1. The van der Waals surface area contributed by atoms with Gasteiger partial charge in [0.2, 0.25) is 0 Å². The largest absolute Gasteiger partial charge is 1.00 e. The number of aryl methyl sites for hydroxylation is 1. The van der Waals surface area contributed by atoms with E-state index in [1.165, 1.54) is 16.1 Å². The topological polar surface area (TPSA) is 124 Å². The molecule has 224 valence electrons. The van der Waals surface area contributed by atoms with Crippen LogP contribution in [0.5, 0.6) is 0 Å². The molecule has 2 amide bonds. The summed E-state index contributed by atoms with van der Waals surface area (Å²) in [5, 5.41) is 17.9. The molecule has 0 radical (unpaired) electrons. The number of benzene rings is 4. The Morgan fingerprint density at radius 3 is 1.82 bits per heavy atom. The first-order valence-electron chi connectivity index (χ1n) is 13.5. The molecule has 1 saturated heterocycles. The molecule has 4 aromatic carbocycles. The minimum Gasteiger partial charge on any atom is -0.545 e. The van der Waals surface area contributed by atoms with Crippen LogP contribution in [-0.2, 0) is 9.59 Å². The van der Waals surface area contributed by atoms with Crippen LogP contribution in [0.3, 0.4) is 0 Å². The van der Waals surface area contributed by atoms with Crippen LogP contribution in [0.2, 0.25) is 10.0 Å². The zero-order chi connectivity index (χ0) is 30.2. The summed E-state index contributed by atoms with van der Waals surface area (Å²) < 4.78 is 0. The Morgan fingerprint density at radius 1 is 0.818 bits per heavy atom. The van der Waals surface area contributed by atoms with E-state index < -0.39 is 11.9 Å². The Bertz CT molecular complexity index is 1520. The van der Waals surface area contributed by atoms with Crippen LogP contribution in [0.1, 0.15) is 42.1 Å². The third-order valence-electron chi connectivity index (χ3n) is 6.75. The summed E-state index contributed by atoms with van der Waals surface area (Å²) in [4.78, 5) is 36.8. The summed E-state index contributed by atoms with van der Waals surface area (Å²) in [7, 11) is 0. The number of unbranched alkanes of at least 4 members (excludes halogenated alkanes) is 1. The number of carbonyl (C=O) groups is 3. The zero-order valence-electron chi connectivity index (χ0n) is 24.7. The van der Waals surface area contributed by atoms with Crippen LogP contribution in [0.15, 0.2) is 97.1 Å². The van der Waals surface area contributed by atoms with E-state index in [0.717, 1.165) is 18.4 Å². The number of carbonyl (C=O) groups excluding carboxylic acids is 3. The van der Waals surface area contributed by atoms with Gasteiger partial charge in [-0.2, -0.15) is 0 Å². The van der Waals surface area contributed by atoms with Crippen LogP contribution in [-0.4, -0.2) is 23.3 Å². The molecule has 1 fully saturated rings. The van der Waals surface area contributed by atoms with Crippen LogP contribution in [0.4, 0.5) is 22.7 Å². The predicted octanol–water partition coefficient (Wildman–Crippen LogP) is 3.38. The molecule has 1 heterocycles. The molecule has 0 aliphatic carbocycles. The van der Waals surface area contributed by atoms with E-state index >= 15 is 0 Å². The second kappa shape index (κ2) is 17.2. The number of carboxylic acids is 1. The van der Waals surface area contributed by atoms with Gasteiger partial charge in [0.25, 0.3) is 11.8 Å². The fraction of sp³-hybridized carbons (Fsp3) is 0.182. The van der Waals surface area contributed by atoms with E-state index in [1.807, 2.05) is 67.6 Å². The Balaban J connectivity index is 0.000000299. The van der Waals surface area contributed by atoms with E-state index in [1.54, 1.807) is 30.3 Å². The van der Waals surface area contributed by atoms with E-state index in [0.29, 0.717) is 39.2 Å². The van der Waals surface area contributed by atoms with E-state index in [-0.39, 0.29) is 52.4 Å². The van der Waals surface area contributed by atoms with Crippen LogP contribution < -0.4 is 50.0 Å². The van der Waals surface area contributed by atoms with Crippen LogP contribution >= 0.6 is 23.2 Å². The number of para-hydroxylation sites is 3. The number of hydrazine groups is 1. The predicted molar refractivity (Wildman–Crippen MR) is 170 cm³/mol. The normalized spacial score (nSPS) is 12.5. The molecule has 8 nitrogen and oxygen atoms in total. The molecule has 5 rings (SSSR count). The maximum Gasteiger partial charge on any atom is 1.00 e. The number of rotatable bonds is 8. The average Bonchev–Trinajstić information content (AvgIpc) is 3.26. The molecule has 0 unspecified atom stereocenters. The monoisotopic (exact) mass is 643 g/mol. The summed E-state index contributed by atoms with van der Waals surface area (Å²) in [6, 6.07) is 28.6. The Morgan fingerprint density at radius 2 is 1.32 bits per heavy atom. The number of halogens is 2. The first kappa shape index (κ1) is 36.8. The van der Waals surface area contributed by atoms with Gasteiger partial charge in [-0.3, -0.25) is 9.59 Å². The van der Waals surface area contributed by atoms with E-state index in [9.17, 15) is 19.5 Å². The molecular weight excluding hydrogens is 612 g/mol. The van der Waals surface area contributed by atoms with Crippen LogP contribution in [0, 0.1) is 12.8 Å². The van der Waals surface area contributed by atoms with E-state index in [2.05, 4.69) is 12.2 Å². The molecule has 3 N–H and O–H groups in total. The maximum atomic E-state index is 12.9. The average molecular weight is 645 g/mol. The van der Waals surface area contributed by atoms with Gasteiger partial charge in [-0.15, -0.1) is 0 Å². The Hall–Kier alpha value is -3.37. The summed E-state index contributed by atoms with van der Waals surface area (Å²) >= 11 is 12.2. The molecule has 0 atom stereocenters. The third-order valence-corrected chi connectivity index (χ3v) is 7.55. The molecule has 0 saturated carbocycles.